The minimum atomic E-state index is -4.18. The van der Waals surface area contributed by atoms with E-state index in [2.05, 4.69) is 0 Å². The van der Waals surface area contributed by atoms with Crippen molar-refractivity contribution in [1.29, 1.82) is 0 Å². The summed E-state index contributed by atoms with van der Waals surface area (Å²) in [5.41, 5.74) is 0.635. The molecule has 0 radical (unpaired) electrons. The number of para-hydroxylation sites is 1. The van der Waals surface area contributed by atoms with E-state index in [0.717, 1.165) is 0 Å². The van der Waals surface area contributed by atoms with Crippen molar-refractivity contribution in [2.24, 2.45) is 5.92 Å². The number of aliphatic hydroxyl groups excluding tert-OH is 1. The molecule has 1 heterocycles. The van der Waals surface area contributed by atoms with Crippen LogP contribution in [0.3, 0.4) is 0 Å². The molecule has 0 unspecified atom stereocenters. The zero-order valence-electron chi connectivity index (χ0n) is 10.3. The number of alkyl halides is 3. The Labute approximate surface area is 108 Å². The summed E-state index contributed by atoms with van der Waals surface area (Å²) in [6, 6.07) is 4.31. The molecule has 1 N–H and O–H groups in total. The van der Waals surface area contributed by atoms with Gasteiger partial charge in [0.1, 0.15) is 5.82 Å². The van der Waals surface area contributed by atoms with Crippen LogP contribution >= 0.6 is 0 Å². The molecule has 1 aliphatic heterocycles. The van der Waals surface area contributed by atoms with Crippen LogP contribution in [0.15, 0.2) is 18.2 Å². The summed E-state index contributed by atoms with van der Waals surface area (Å²) in [5.74, 6) is -1.81. The lowest BCUT2D eigenvalue weighted by Gasteiger charge is -2.35. The van der Waals surface area contributed by atoms with Gasteiger partial charge in [0.05, 0.1) is 18.2 Å². The molecule has 19 heavy (non-hydrogen) atoms. The molecule has 1 saturated heterocycles. The Hall–Kier alpha value is -1.30. The Morgan fingerprint density at radius 1 is 1.21 bits per heavy atom. The van der Waals surface area contributed by atoms with Gasteiger partial charge in [0, 0.05) is 18.7 Å². The van der Waals surface area contributed by atoms with Gasteiger partial charge in [-0.15, -0.1) is 0 Å². The maximum atomic E-state index is 13.8. The molecule has 2 nitrogen and oxygen atoms in total. The molecule has 0 spiro atoms. The van der Waals surface area contributed by atoms with E-state index >= 15 is 0 Å². The monoisotopic (exact) mass is 277 g/mol. The average molecular weight is 277 g/mol. The van der Waals surface area contributed by atoms with E-state index in [0.29, 0.717) is 5.56 Å². The first-order valence-electron chi connectivity index (χ1n) is 6.13. The fourth-order valence-corrected chi connectivity index (χ4v) is 2.47. The van der Waals surface area contributed by atoms with Crippen LogP contribution in [0.5, 0.6) is 0 Å². The van der Waals surface area contributed by atoms with E-state index in [-0.39, 0.29) is 38.2 Å². The van der Waals surface area contributed by atoms with Crippen molar-refractivity contribution < 1.29 is 22.7 Å². The third kappa shape index (κ3) is 3.00. The number of hydrogen-bond donors (Lipinski definition) is 1. The van der Waals surface area contributed by atoms with Crippen LogP contribution in [0.4, 0.5) is 23.2 Å². The van der Waals surface area contributed by atoms with E-state index in [4.69, 9.17) is 0 Å². The molecule has 2 rings (SSSR count). The number of halogens is 4. The van der Waals surface area contributed by atoms with Gasteiger partial charge in [-0.05, 0) is 18.9 Å². The molecular formula is C13H15F4NO. The summed E-state index contributed by atoms with van der Waals surface area (Å²) >= 11 is 0. The first-order valence-corrected chi connectivity index (χ1v) is 6.13. The van der Waals surface area contributed by atoms with Crippen molar-refractivity contribution in [3.05, 3.63) is 29.6 Å². The number of nitrogens with zero attached hydrogens (tertiary/aromatic N) is 1. The van der Waals surface area contributed by atoms with Gasteiger partial charge in [0.25, 0.3) is 0 Å². The van der Waals surface area contributed by atoms with E-state index in [1.807, 2.05) is 0 Å². The normalized spacial score (nSPS) is 17.8. The highest BCUT2D eigenvalue weighted by Crippen LogP contribution is 2.36. The molecular weight excluding hydrogens is 262 g/mol. The molecule has 0 aliphatic carbocycles. The topological polar surface area (TPSA) is 23.5 Å². The lowest BCUT2D eigenvalue weighted by Crippen LogP contribution is -2.39. The Bertz CT molecular complexity index is 439. The summed E-state index contributed by atoms with van der Waals surface area (Å²) < 4.78 is 51.5. The average Bonchev–Trinajstić information content (AvgIpc) is 2.37. The number of piperidine rings is 1. The van der Waals surface area contributed by atoms with Crippen LogP contribution < -0.4 is 4.90 Å². The van der Waals surface area contributed by atoms with Crippen molar-refractivity contribution in [3.8, 4) is 0 Å². The van der Waals surface area contributed by atoms with Gasteiger partial charge in [-0.3, -0.25) is 0 Å². The predicted octanol–water partition coefficient (Wildman–Crippen LogP) is 3.10. The summed E-state index contributed by atoms with van der Waals surface area (Å²) in [6.45, 7) is -0.0253. The summed E-state index contributed by atoms with van der Waals surface area (Å²) in [4.78, 5) is 1.59. The molecule has 1 aliphatic rings. The quantitative estimate of drug-likeness (QED) is 0.840. The van der Waals surface area contributed by atoms with E-state index in [1.165, 1.54) is 12.1 Å². The van der Waals surface area contributed by atoms with E-state index in [9.17, 15) is 22.7 Å². The molecule has 6 heteroatoms. The van der Waals surface area contributed by atoms with Gasteiger partial charge in [-0.25, -0.2) is 4.39 Å². The third-order valence-electron chi connectivity index (χ3n) is 3.51. The van der Waals surface area contributed by atoms with Crippen LogP contribution in [0.25, 0.3) is 0 Å². The molecule has 1 aromatic carbocycles. The Morgan fingerprint density at radius 2 is 1.84 bits per heavy atom. The molecule has 0 bridgehead atoms. The van der Waals surface area contributed by atoms with Crippen molar-refractivity contribution in [3.63, 3.8) is 0 Å². The molecule has 0 saturated carbocycles. The summed E-state index contributed by atoms with van der Waals surface area (Å²) in [5, 5.41) is 9.18. The smallest absolute Gasteiger partial charge is 0.391 e. The zero-order chi connectivity index (χ0) is 14.0. The lowest BCUT2D eigenvalue weighted by molar-refractivity contribution is -0.179. The Morgan fingerprint density at radius 3 is 2.37 bits per heavy atom. The molecule has 0 aromatic heterocycles. The second-order valence-corrected chi connectivity index (χ2v) is 4.71. The van der Waals surface area contributed by atoms with E-state index < -0.39 is 17.9 Å². The zero-order valence-corrected chi connectivity index (χ0v) is 10.3. The van der Waals surface area contributed by atoms with Crippen molar-refractivity contribution in [1.82, 2.24) is 0 Å². The van der Waals surface area contributed by atoms with E-state index in [1.54, 1.807) is 11.0 Å². The van der Waals surface area contributed by atoms with Crippen LogP contribution in [-0.2, 0) is 6.61 Å². The first kappa shape index (κ1) is 14.1. The maximum Gasteiger partial charge on any atom is 0.391 e. The van der Waals surface area contributed by atoms with Crippen LogP contribution in [0, 0.1) is 11.7 Å². The van der Waals surface area contributed by atoms with Gasteiger partial charge in [0.2, 0.25) is 0 Å². The highest BCUT2D eigenvalue weighted by molar-refractivity contribution is 5.55. The maximum absolute atomic E-state index is 13.8. The predicted molar refractivity (Wildman–Crippen MR) is 63.3 cm³/mol. The minimum absolute atomic E-state index is 0.0390. The lowest BCUT2D eigenvalue weighted by atomic mass is 9.95. The van der Waals surface area contributed by atoms with Crippen molar-refractivity contribution in [2.45, 2.75) is 25.6 Å². The second-order valence-electron chi connectivity index (χ2n) is 4.71. The fraction of sp³-hybridized carbons (Fsp3) is 0.538. The number of aliphatic hydroxyl groups is 1. The molecule has 1 fully saturated rings. The highest BCUT2D eigenvalue weighted by Gasteiger charge is 2.41. The van der Waals surface area contributed by atoms with Gasteiger partial charge in [0.15, 0.2) is 0 Å². The third-order valence-corrected chi connectivity index (χ3v) is 3.51. The Kier molecular flexibility index (Phi) is 3.99. The molecule has 1 aromatic rings. The van der Waals surface area contributed by atoms with Gasteiger partial charge >= 0.3 is 6.18 Å². The summed E-state index contributed by atoms with van der Waals surface area (Å²) in [6.07, 6.45) is -4.26. The first-order chi connectivity index (χ1) is 8.93. The number of rotatable bonds is 2. The van der Waals surface area contributed by atoms with Crippen molar-refractivity contribution in [2.75, 3.05) is 18.0 Å². The highest BCUT2D eigenvalue weighted by atomic mass is 19.4. The molecule has 106 valence electrons. The van der Waals surface area contributed by atoms with Gasteiger partial charge in [-0.2, -0.15) is 13.2 Å². The standard InChI is InChI=1S/C13H15F4NO/c14-11-3-1-2-9(8-19)12(11)18-6-4-10(5-7-18)13(15,16)17/h1-3,10,19H,4-8H2. The second kappa shape index (κ2) is 5.36. The largest absolute Gasteiger partial charge is 0.392 e. The SMILES string of the molecule is OCc1cccc(F)c1N1CCC(C(F)(F)F)CC1. The van der Waals surface area contributed by atoms with Gasteiger partial charge < -0.3 is 10.0 Å². The minimum Gasteiger partial charge on any atom is -0.392 e. The Balaban J connectivity index is 2.14. The van der Waals surface area contributed by atoms with Crippen LogP contribution in [0.2, 0.25) is 0 Å². The van der Waals surface area contributed by atoms with Crippen molar-refractivity contribution >= 4 is 5.69 Å². The fourth-order valence-electron chi connectivity index (χ4n) is 2.47. The molecule has 0 amide bonds. The number of benzene rings is 1. The van der Waals surface area contributed by atoms with Crippen LogP contribution in [-0.4, -0.2) is 24.4 Å². The van der Waals surface area contributed by atoms with Crippen LogP contribution in [0.1, 0.15) is 18.4 Å². The number of anilines is 1. The number of hydrogen-bond acceptors (Lipinski definition) is 2. The molecule has 0 atom stereocenters. The van der Waals surface area contributed by atoms with Gasteiger partial charge in [-0.1, -0.05) is 12.1 Å². The summed E-state index contributed by atoms with van der Waals surface area (Å²) in [7, 11) is 0.